The van der Waals surface area contributed by atoms with Crippen molar-refractivity contribution < 1.29 is 17.6 Å². The van der Waals surface area contributed by atoms with Crippen LogP contribution in [0, 0.1) is 13.8 Å². The molecule has 0 amide bonds. The SMILES string of the molecule is Cc1ncc(-c2c(C)ncnc2N2CCOCC2)cc1NS(=O)(=O)c1ccoc1. The molecule has 0 bridgehead atoms. The van der Waals surface area contributed by atoms with Crippen LogP contribution in [0.15, 0.2) is 46.5 Å². The van der Waals surface area contributed by atoms with Gasteiger partial charge in [-0.1, -0.05) is 0 Å². The van der Waals surface area contributed by atoms with Gasteiger partial charge >= 0.3 is 0 Å². The Labute approximate surface area is 168 Å². The minimum absolute atomic E-state index is 0.0514. The van der Waals surface area contributed by atoms with Gasteiger partial charge in [-0.05, 0) is 26.0 Å². The Hall–Kier alpha value is -2.98. The normalized spacial score (nSPS) is 14.8. The molecule has 0 radical (unpaired) electrons. The van der Waals surface area contributed by atoms with E-state index in [1.807, 2.05) is 6.92 Å². The van der Waals surface area contributed by atoms with Gasteiger partial charge in [-0.3, -0.25) is 9.71 Å². The van der Waals surface area contributed by atoms with E-state index in [1.165, 1.54) is 24.9 Å². The third kappa shape index (κ3) is 3.94. The number of hydrogen-bond acceptors (Lipinski definition) is 8. The number of morpholine rings is 1. The number of ether oxygens (including phenoxy) is 1. The summed E-state index contributed by atoms with van der Waals surface area (Å²) in [5.41, 5.74) is 3.30. The molecule has 0 saturated carbocycles. The van der Waals surface area contributed by atoms with Gasteiger partial charge in [-0.25, -0.2) is 18.4 Å². The van der Waals surface area contributed by atoms with Gasteiger partial charge in [0.05, 0.1) is 36.6 Å². The van der Waals surface area contributed by atoms with Crippen molar-refractivity contribution in [1.29, 1.82) is 0 Å². The van der Waals surface area contributed by atoms with Gasteiger partial charge in [0.15, 0.2) is 0 Å². The fraction of sp³-hybridized carbons (Fsp3) is 0.316. The molecule has 0 atom stereocenters. The molecule has 4 heterocycles. The molecular formula is C19H21N5O4S. The molecule has 1 aliphatic rings. The average molecular weight is 415 g/mol. The van der Waals surface area contributed by atoms with E-state index in [1.54, 1.807) is 19.2 Å². The quantitative estimate of drug-likeness (QED) is 0.676. The first-order valence-corrected chi connectivity index (χ1v) is 10.6. The maximum absolute atomic E-state index is 12.6. The van der Waals surface area contributed by atoms with Crippen molar-refractivity contribution in [1.82, 2.24) is 15.0 Å². The largest absolute Gasteiger partial charge is 0.471 e. The van der Waals surface area contributed by atoms with E-state index >= 15 is 0 Å². The summed E-state index contributed by atoms with van der Waals surface area (Å²) in [6, 6.07) is 3.15. The lowest BCUT2D eigenvalue weighted by Gasteiger charge is -2.29. The summed E-state index contributed by atoms with van der Waals surface area (Å²) in [5.74, 6) is 0.787. The number of furan rings is 1. The second kappa shape index (κ2) is 7.80. The molecule has 1 aliphatic heterocycles. The van der Waals surface area contributed by atoms with Crippen LogP contribution in [-0.2, 0) is 14.8 Å². The molecule has 3 aromatic heterocycles. The summed E-state index contributed by atoms with van der Waals surface area (Å²) in [5, 5.41) is 0. The maximum Gasteiger partial charge on any atom is 0.265 e. The minimum atomic E-state index is -3.77. The van der Waals surface area contributed by atoms with Crippen molar-refractivity contribution in [2.75, 3.05) is 35.9 Å². The highest BCUT2D eigenvalue weighted by molar-refractivity contribution is 7.92. The molecule has 1 N–H and O–H groups in total. The van der Waals surface area contributed by atoms with Gasteiger partial charge in [0.2, 0.25) is 0 Å². The van der Waals surface area contributed by atoms with Gasteiger partial charge in [0.25, 0.3) is 10.0 Å². The molecule has 152 valence electrons. The molecule has 0 aromatic carbocycles. The number of pyridine rings is 1. The van der Waals surface area contributed by atoms with E-state index in [0.717, 1.165) is 35.7 Å². The highest BCUT2D eigenvalue weighted by Gasteiger charge is 2.22. The van der Waals surface area contributed by atoms with Gasteiger partial charge in [-0.2, -0.15) is 0 Å². The number of nitrogens with one attached hydrogen (secondary N) is 1. The van der Waals surface area contributed by atoms with Crippen LogP contribution in [0.4, 0.5) is 11.5 Å². The van der Waals surface area contributed by atoms with Crippen molar-refractivity contribution in [2.24, 2.45) is 0 Å². The predicted molar refractivity (Wildman–Crippen MR) is 107 cm³/mol. The summed E-state index contributed by atoms with van der Waals surface area (Å²) in [6.07, 6.45) is 5.74. The number of hydrogen-bond donors (Lipinski definition) is 1. The number of nitrogens with zero attached hydrogens (tertiary/aromatic N) is 4. The average Bonchev–Trinajstić information content (AvgIpc) is 3.26. The van der Waals surface area contributed by atoms with Crippen molar-refractivity contribution in [3.8, 4) is 11.1 Å². The van der Waals surface area contributed by atoms with Crippen molar-refractivity contribution in [2.45, 2.75) is 18.7 Å². The summed E-state index contributed by atoms with van der Waals surface area (Å²) < 4.78 is 38.1. The lowest BCUT2D eigenvalue weighted by molar-refractivity contribution is 0.122. The Kier molecular flexibility index (Phi) is 5.20. The zero-order valence-electron chi connectivity index (χ0n) is 16.1. The topological polar surface area (TPSA) is 110 Å². The van der Waals surface area contributed by atoms with E-state index in [0.29, 0.717) is 24.6 Å². The van der Waals surface area contributed by atoms with E-state index in [-0.39, 0.29) is 4.90 Å². The number of sulfonamides is 1. The highest BCUT2D eigenvalue weighted by atomic mass is 32.2. The van der Waals surface area contributed by atoms with Crippen LogP contribution in [0.2, 0.25) is 0 Å². The fourth-order valence-corrected chi connectivity index (χ4v) is 4.23. The molecule has 0 spiro atoms. The van der Waals surface area contributed by atoms with Crippen LogP contribution in [0.1, 0.15) is 11.4 Å². The van der Waals surface area contributed by atoms with E-state index in [4.69, 9.17) is 9.15 Å². The van der Waals surface area contributed by atoms with Gasteiger partial charge in [0, 0.05) is 30.4 Å². The van der Waals surface area contributed by atoms with E-state index in [9.17, 15) is 8.42 Å². The smallest absolute Gasteiger partial charge is 0.265 e. The summed E-state index contributed by atoms with van der Waals surface area (Å²) in [4.78, 5) is 15.4. The van der Waals surface area contributed by atoms with Crippen LogP contribution in [0.25, 0.3) is 11.1 Å². The molecule has 3 aromatic rings. The molecule has 29 heavy (non-hydrogen) atoms. The summed E-state index contributed by atoms with van der Waals surface area (Å²) in [6.45, 7) is 6.35. The van der Waals surface area contributed by atoms with Crippen LogP contribution in [0.5, 0.6) is 0 Å². The maximum atomic E-state index is 12.6. The second-order valence-corrected chi connectivity index (χ2v) is 8.36. The zero-order chi connectivity index (χ0) is 20.4. The molecule has 9 nitrogen and oxygen atoms in total. The summed E-state index contributed by atoms with van der Waals surface area (Å²) >= 11 is 0. The van der Waals surface area contributed by atoms with Crippen LogP contribution in [0.3, 0.4) is 0 Å². The Morgan fingerprint density at radius 1 is 1.10 bits per heavy atom. The van der Waals surface area contributed by atoms with Crippen molar-refractivity contribution in [3.05, 3.63) is 48.6 Å². The van der Waals surface area contributed by atoms with Crippen LogP contribution >= 0.6 is 0 Å². The van der Waals surface area contributed by atoms with Crippen LogP contribution < -0.4 is 9.62 Å². The third-order valence-corrected chi connectivity index (χ3v) is 6.09. The zero-order valence-corrected chi connectivity index (χ0v) is 16.9. The van der Waals surface area contributed by atoms with Gasteiger partial charge in [-0.15, -0.1) is 0 Å². The van der Waals surface area contributed by atoms with Crippen molar-refractivity contribution in [3.63, 3.8) is 0 Å². The Morgan fingerprint density at radius 2 is 1.90 bits per heavy atom. The molecule has 10 heteroatoms. The van der Waals surface area contributed by atoms with Crippen LogP contribution in [-0.4, -0.2) is 49.7 Å². The summed E-state index contributed by atoms with van der Waals surface area (Å²) in [7, 11) is -3.77. The first-order valence-electron chi connectivity index (χ1n) is 9.12. The monoisotopic (exact) mass is 415 g/mol. The lowest BCUT2D eigenvalue weighted by Crippen LogP contribution is -2.37. The first-order chi connectivity index (χ1) is 14.0. The second-order valence-electron chi connectivity index (χ2n) is 6.68. The Morgan fingerprint density at radius 3 is 2.62 bits per heavy atom. The molecule has 0 unspecified atom stereocenters. The minimum Gasteiger partial charge on any atom is -0.471 e. The number of anilines is 2. The molecule has 0 aliphatic carbocycles. The first kappa shape index (κ1) is 19.3. The Bertz CT molecular complexity index is 1110. The third-order valence-electron chi connectivity index (χ3n) is 4.75. The molecule has 4 rings (SSSR count). The fourth-order valence-electron chi connectivity index (χ4n) is 3.20. The molecule has 1 saturated heterocycles. The van der Waals surface area contributed by atoms with E-state index < -0.39 is 10.0 Å². The highest BCUT2D eigenvalue weighted by Crippen LogP contribution is 2.33. The van der Waals surface area contributed by atoms with E-state index in [2.05, 4.69) is 24.6 Å². The van der Waals surface area contributed by atoms with Crippen molar-refractivity contribution >= 4 is 21.5 Å². The predicted octanol–water partition coefficient (Wildman–Crippen LogP) is 2.39. The van der Waals surface area contributed by atoms with Gasteiger partial charge in [0.1, 0.15) is 23.3 Å². The Balaban J connectivity index is 1.75. The molecular weight excluding hydrogens is 394 g/mol. The lowest BCUT2D eigenvalue weighted by atomic mass is 10.0. The number of aryl methyl sites for hydroxylation is 2. The van der Waals surface area contributed by atoms with Gasteiger partial charge < -0.3 is 14.1 Å². The number of aromatic nitrogens is 3. The standard InChI is InChI=1S/C19H21N5O4S/c1-13-17(23-29(25,26)16-3-6-28-11-16)9-15(10-20-13)18-14(2)21-12-22-19(18)24-4-7-27-8-5-24/h3,6,9-12,23H,4-5,7-8H2,1-2H3. The molecule has 1 fully saturated rings. The number of rotatable bonds is 5.